The number of ether oxygens (including phenoxy) is 3. The van der Waals surface area contributed by atoms with Crippen molar-refractivity contribution in [2.75, 3.05) is 102 Å². The molecule has 6 heterocycles. The Balaban J connectivity index is 1.27. The topological polar surface area (TPSA) is 128 Å². The second-order valence-corrected chi connectivity index (χ2v) is 19.7. The zero-order valence-corrected chi connectivity index (χ0v) is 38.2. The fourth-order valence-corrected chi connectivity index (χ4v) is 10.5. The highest BCUT2D eigenvalue weighted by molar-refractivity contribution is 5.95. The quantitative estimate of drug-likeness (QED) is 0.156. The number of anilines is 2. The number of nitrogens with one attached hydrogen (secondary N) is 1. The van der Waals surface area contributed by atoms with Crippen LogP contribution in [0.2, 0.25) is 0 Å². The van der Waals surface area contributed by atoms with Crippen LogP contribution in [0.1, 0.15) is 83.6 Å². The van der Waals surface area contributed by atoms with Gasteiger partial charge in [0.25, 0.3) is 12.4 Å². The van der Waals surface area contributed by atoms with Gasteiger partial charge >= 0.3 is 6.18 Å². The number of halogens is 3. The highest BCUT2D eigenvalue weighted by Crippen LogP contribution is 2.45. The molecule has 2 aromatic heterocycles. The Morgan fingerprint density at radius 3 is 2.48 bits per heavy atom. The molecular weight excluding hydrogens is 830 g/mol. The SMILES string of the molecule is COC(C)c1ncc(N2CCN(C3CC3)CC2)cc1-c1c(CC(C)(C)COC=O)c2cc(N(CCO)CC(C)(C(=O)N3CCCCN3)N3CC4(CCCO4)C3)ccc2n1CC(F)(F)F. The van der Waals surface area contributed by atoms with Crippen molar-refractivity contribution in [2.24, 2.45) is 5.41 Å². The number of likely N-dealkylation sites (tertiary alicyclic amines) is 1. The standard InChI is InChI=1S/C47H67F3N8O6/c1-33(62-5)41-38(24-36(26-51-41)54-18-16-53(17-19-54)34-9-10-34)42-39(25-44(2,3)31-63-32-60)37-23-35(11-12-40(37)57(42)30-47(48,49)50)55(20-21-59)27-45(4,43(61)58-15-7-6-14-52-58)56-28-46(29-56)13-8-22-64-46/h11-12,23-24,26,32-34,52,59H,6-10,13-22,25,27-31H2,1-5H3. The van der Waals surface area contributed by atoms with Crippen LogP contribution in [0.4, 0.5) is 24.5 Å². The highest BCUT2D eigenvalue weighted by Gasteiger charge is 2.56. The fourth-order valence-electron chi connectivity index (χ4n) is 10.5. The van der Waals surface area contributed by atoms with Crippen LogP contribution in [0, 0.1) is 5.41 Å². The predicted octanol–water partition coefficient (Wildman–Crippen LogP) is 5.55. The molecule has 2 atom stereocenters. The summed E-state index contributed by atoms with van der Waals surface area (Å²) >= 11 is 0. The summed E-state index contributed by atoms with van der Waals surface area (Å²) in [5.74, 6) is -0.0681. The molecule has 2 N–H and O–H groups in total. The first kappa shape index (κ1) is 46.5. The number of aliphatic hydroxyl groups excluding tert-OH is 1. The first-order valence-electron chi connectivity index (χ1n) is 23.2. The third-order valence-corrected chi connectivity index (χ3v) is 14.2. The number of hydrazine groups is 1. The number of aliphatic hydroxyl groups is 1. The van der Waals surface area contributed by atoms with Crippen LogP contribution >= 0.6 is 0 Å². The molecule has 4 saturated heterocycles. The fraction of sp³-hybridized carbons (Fsp3) is 0.681. The van der Waals surface area contributed by atoms with Gasteiger partial charge in [-0.05, 0) is 88.6 Å². The lowest BCUT2D eigenvalue weighted by atomic mass is 9.83. The van der Waals surface area contributed by atoms with E-state index in [0.717, 1.165) is 57.5 Å². The summed E-state index contributed by atoms with van der Waals surface area (Å²) in [4.78, 5) is 40.1. The number of fused-ring (bicyclic) bond motifs is 1. The molecule has 0 radical (unpaired) electrons. The average molecular weight is 897 g/mol. The van der Waals surface area contributed by atoms with Crippen LogP contribution in [-0.4, -0.2) is 158 Å². The van der Waals surface area contributed by atoms with Gasteiger partial charge in [-0.2, -0.15) is 13.2 Å². The van der Waals surface area contributed by atoms with Gasteiger partial charge in [-0.3, -0.25) is 29.4 Å². The summed E-state index contributed by atoms with van der Waals surface area (Å²) < 4.78 is 63.7. The number of alkyl halides is 3. The van der Waals surface area contributed by atoms with Gasteiger partial charge in [0.1, 0.15) is 12.1 Å². The molecular formula is C47H67F3N8O6. The Kier molecular flexibility index (Phi) is 13.6. The molecule has 5 fully saturated rings. The molecule has 1 aliphatic carbocycles. The molecule has 8 rings (SSSR count). The lowest BCUT2D eigenvalue weighted by Gasteiger charge is -2.56. The largest absolute Gasteiger partial charge is 0.467 e. The van der Waals surface area contributed by atoms with Crippen molar-refractivity contribution in [3.63, 3.8) is 0 Å². The van der Waals surface area contributed by atoms with E-state index >= 15 is 13.2 Å². The summed E-state index contributed by atoms with van der Waals surface area (Å²) in [5.41, 5.74) is 5.23. The molecule has 17 heteroatoms. The van der Waals surface area contributed by atoms with Crippen molar-refractivity contribution < 1.29 is 42.1 Å². The summed E-state index contributed by atoms with van der Waals surface area (Å²) in [7, 11) is 1.57. The third-order valence-electron chi connectivity index (χ3n) is 14.2. The van der Waals surface area contributed by atoms with Gasteiger partial charge in [-0.25, -0.2) is 5.43 Å². The van der Waals surface area contributed by atoms with Gasteiger partial charge in [-0.1, -0.05) is 13.8 Å². The molecule has 5 aliphatic rings. The molecule has 64 heavy (non-hydrogen) atoms. The summed E-state index contributed by atoms with van der Waals surface area (Å²) in [5, 5.41) is 12.9. The molecule has 352 valence electrons. The van der Waals surface area contributed by atoms with E-state index in [0.29, 0.717) is 84.4 Å². The minimum absolute atomic E-state index is 0.0369. The maximum Gasteiger partial charge on any atom is 0.406 e. The number of pyridine rings is 1. The number of rotatable bonds is 18. The molecule has 14 nitrogen and oxygen atoms in total. The highest BCUT2D eigenvalue weighted by atomic mass is 19.4. The molecule has 1 amide bonds. The van der Waals surface area contributed by atoms with Crippen molar-refractivity contribution in [3.8, 4) is 11.3 Å². The van der Waals surface area contributed by atoms with Crippen LogP contribution < -0.4 is 15.2 Å². The minimum Gasteiger partial charge on any atom is -0.467 e. The Labute approximate surface area is 374 Å². The van der Waals surface area contributed by atoms with Gasteiger partial charge < -0.3 is 33.7 Å². The number of carbonyl (C=O) groups is 2. The Morgan fingerprint density at radius 2 is 1.86 bits per heavy atom. The summed E-state index contributed by atoms with van der Waals surface area (Å²) in [6, 6.07) is 8.05. The molecule has 1 spiro atoms. The van der Waals surface area contributed by atoms with Crippen molar-refractivity contribution >= 4 is 34.7 Å². The monoisotopic (exact) mass is 897 g/mol. The number of nitrogens with zero attached hydrogens (tertiary/aromatic N) is 7. The Morgan fingerprint density at radius 1 is 1.09 bits per heavy atom. The number of amides is 1. The lowest BCUT2D eigenvalue weighted by Crippen LogP contribution is -2.75. The summed E-state index contributed by atoms with van der Waals surface area (Å²) in [6.45, 7) is 13.5. The van der Waals surface area contributed by atoms with E-state index in [9.17, 15) is 14.7 Å². The minimum atomic E-state index is -4.59. The van der Waals surface area contributed by atoms with Crippen LogP contribution in [0.25, 0.3) is 22.2 Å². The van der Waals surface area contributed by atoms with Crippen LogP contribution in [0.5, 0.6) is 0 Å². The third kappa shape index (κ3) is 9.75. The number of hydrogen-bond acceptors (Lipinski definition) is 12. The van der Waals surface area contributed by atoms with Crippen molar-refractivity contribution in [3.05, 3.63) is 41.7 Å². The van der Waals surface area contributed by atoms with Crippen LogP contribution in [0.3, 0.4) is 0 Å². The van der Waals surface area contributed by atoms with E-state index in [-0.39, 0.29) is 44.2 Å². The zero-order valence-electron chi connectivity index (χ0n) is 38.2. The number of aromatic nitrogens is 2. The van der Waals surface area contributed by atoms with E-state index in [4.69, 9.17) is 19.2 Å². The Hall–Kier alpha value is -4.00. The maximum atomic E-state index is 15.0. The van der Waals surface area contributed by atoms with Gasteiger partial charge in [0, 0.05) is 113 Å². The molecule has 0 bridgehead atoms. The van der Waals surface area contributed by atoms with E-state index in [2.05, 4.69) is 20.1 Å². The van der Waals surface area contributed by atoms with Crippen molar-refractivity contribution in [2.45, 2.75) is 109 Å². The van der Waals surface area contributed by atoms with E-state index in [1.165, 1.54) is 17.4 Å². The normalized spacial score (nSPS) is 21.3. The zero-order chi connectivity index (χ0) is 45.4. The molecule has 3 aromatic rings. The number of carbonyl (C=O) groups excluding carboxylic acids is 2. The van der Waals surface area contributed by atoms with Gasteiger partial charge in [0.2, 0.25) is 0 Å². The maximum absolute atomic E-state index is 15.0. The molecule has 4 aliphatic heterocycles. The van der Waals surface area contributed by atoms with Crippen molar-refractivity contribution in [1.82, 2.24) is 29.8 Å². The second kappa shape index (κ2) is 18.7. The van der Waals surface area contributed by atoms with E-state index in [1.54, 1.807) is 30.4 Å². The Bertz CT molecular complexity index is 2120. The first-order chi connectivity index (χ1) is 30.6. The van der Waals surface area contributed by atoms with Gasteiger partial charge in [0.15, 0.2) is 0 Å². The molecule has 2 unspecified atom stereocenters. The van der Waals surface area contributed by atoms with E-state index < -0.39 is 29.8 Å². The van der Waals surface area contributed by atoms with Gasteiger partial charge in [-0.15, -0.1) is 0 Å². The van der Waals surface area contributed by atoms with Crippen LogP contribution in [-0.2, 0) is 36.8 Å². The molecule has 1 aromatic carbocycles. The van der Waals surface area contributed by atoms with Gasteiger partial charge in [0.05, 0.1) is 48.2 Å². The average Bonchev–Trinajstić information content (AvgIpc) is 3.93. The smallest absolute Gasteiger partial charge is 0.406 e. The van der Waals surface area contributed by atoms with Crippen molar-refractivity contribution in [1.29, 1.82) is 0 Å². The first-order valence-corrected chi connectivity index (χ1v) is 23.2. The lowest BCUT2D eigenvalue weighted by molar-refractivity contribution is -0.173. The second-order valence-electron chi connectivity index (χ2n) is 19.7. The number of methoxy groups -OCH3 is 1. The number of hydrogen-bond donors (Lipinski definition) is 2. The number of piperazine rings is 1. The molecule has 1 saturated carbocycles. The van der Waals surface area contributed by atoms with Crippen LogP contribution in [0.15, 0.2) is 30.5 Å². The summed E-state index contributed by atoms with van der Waals surface area (Å²) in [6.07, 6.45) is 3.11. The van der Waals surface area contributed by atoms with E-state index in [1.807, 2.05) is 44.7 Å². The number of benzene rings is 1. The predicted molar refractivity (Wildman–Crippen MR) is 239 cm³/mol.